The molecule has 4 nitrogen and oxygen atoms in total. The van der Waals surface area contributed by atoms with Crippen LogP contribution in [0, 0.1) is 0 Å². The number of rotatable bonds is 14. The maximum atomic E-state index is 5.95. The molecular formula is C14H33NO3Si. The lowest BCUT2D eigenvalue weighted by atomic mass is 10.3. The lowest BCUT2D eigenvalue weighted by molar-refractivity contribution is 0.0483. The zero-order valence-electron chi connectivity index (χ0n) is 13.3. The Labute approximate surface area is 120 Å². The van der Waals surface area contributed by atoms with Gasteiger partial charge in [0.1, 0.15) is 0 Å². The van der Waals surface area contributed by atoms with Gasteiger partial charge >= 0.3 is 8.97 Å². The number of nitrogens with one attached hydrogen (secondary N) is 1. The van der Waals surface area contributed by atoms with Crippen LogP contribution >= 0.6 is 0 Å². The Morgan fingerprint density at radius 1 is 0.684 bits per heavy atom. The van der Waals surface area contributed by atoms with E-state index in [2.05, 4.69) is 32.7 Å². The number of hydrogen-bond acceptors (Lipinski definition) is 4. The smallest absolute Gasteiger partial charge is 0.361 e. The molecule has 0 unspecified atom stereocenters. The Balaban J connectivity index is 4.38. The van der Waals surface area contributed by atoms with Crippen molar-refractivity contribution in [3.05, 3.63) is 0 Å². The monoisotopic (exact) mass is 291 g/mol. The Bertz CT molecular complexity index is 172. The summed E-state index contributed by atoms with van der Waals surface area (Å²) in [6.45, 7) is 11.5. The zero-order chi connectivity index (χ0) is 14.4. The van der Waals surface area contributed by atoms with Gasteiger partial charge in [-0.1, -0.05) is 40.5 Å². The molecule has 5 heteroatoms. The molecule has 0 aromatic carbocycles. The molecular weight excluding hydrogens is 258 g/mol. The fourth-order valence-electron chi connectivity index (χ4n) is 1.60. The van der Waals surface area contributed by atoms with Gasteiger partial charge in [-0.2, -0.15) is 0 Å². The van der Waals surface area contributed by atoms with Crippen LogP contribution in [0.4, 0.5) is 0 Å². The average molecular weight is 292 g/mol. The summed E-state index contributed by atoms with van der Waals surface area (Å²) in [6.07, 6.45) is 6.54. The van der Waals surface area contributed by atoms with E-state index in [0.29, 0.717) is 19.8 Å². The summed E-state index contributed by atoms with van der Waals surface area (Å²) in [6, 6.07) is 0. The fourth-order valence-corrected chi connectivity index (χ4v) is 4.06. The standard InChI is InChI=1S/C14H33NO3Si/c1-5-9-10-11-15-19(16-12-6-2,17-13-7-3)18-14-8-4/h15H,5-14H2,1-4H3. The van der Waals surface area contributed by atoms with E-state index in [4.69, 9.17) is 13.3 Å². The largest absolute Gasteiger partial charge is 0.596 e. The minimum Gasteiger partial charge on any atom is -0.361 e. The molecule has 0 aliphatic carbocycles. The van der Waals surface area contributed by atoms with Gasteiger partial charge in [-0.05, 0) is 32.2 Å². The highest BCUT2D eigenvalue weighted by Crippen LogP contribution is 2.09. The quantitative estimate of drug-likeness (QED) is 0.393. The normalized spacial score (nSPS) is 12.0. The first kappa shape index (κ1) is 19.1. The molecule has 0 fully saturated rings. The lowest BCUT2D eigenvalue weighted by Gasteiger charge is -2.29. The highest BCUT2D eigenvalue weighted by atomic mass is 28.4. The van der Waals surface area contributed by atoms with Crippen LogP contribution in [-0.4, -0.2) is 35.3 Å². The van der Waals surface area contributed by atoms with Crippen molar-refractivity contribution in [2.24, 2.45) is 0 Å². The van der Waals surface area contributed by atoms with Gasteiger partial charge in [0.05, 0.1) is 0 Å². The molecule has 0 aliphatic rings. The van der Waals surface area contributed by atoms with Crippen molar-refractivity contribution in [1.82, 2.24) is 4.98 Å². The molecule has 0 heterocycles. The highest BCUT2D eigenvalue weighted by Gasteiger charge is 2.41. The first-order chi connectivity index (χ1) is 9.24. The summed E-state index contributed by atoms with van der Waals surface area (Å²) in [4.78, 5) is 3.44. The van der Waals surface area contributed by atoms with Gasteiger partial charge < -0.3 is 13.3 Å². The summed E-state index contributed by atoms with van der Waals surface area (Å²) in [5.41, 5.74) is 0. The van der Waals surface area contributed by atoms with Crippen molar-refractivity contribution >= 4 is 8.97 Å². The van der Waals surface area contributed by atoms with Gasteiger partial charge in [0, 0.05) is 19.8 Å². The maximum Gasteiger partial charge on any atom is 0.596 e. The molecule has 0 rings (SSSR count). The molecule has 0 radical (unpaired) electrons. The molecule has 0 saturated heterocycles. The van der Waals surface area contributed by atoms with Crippen LogP contribution in [0.1, 0.15) is 66.2 Å². The van der Waals surface area contributed by atoms with Crippen LogP contribution in [0.3, 0.4) is 0 Å². The van der Waals surface area contributed by atoms with Crippen molar-refractivity contribution in [2.45, 2.75) is 66.2 Å². The topological polar surface area (TPSA) is 39.7 Å². The van der Waals surface area contributed by atoms with Crippen molar-refractivity contribution in [3.8, 4) is 0 Å². The van der Waals surface area contributed by atoms with Crippen LogP contribution in [0.15, 0.2) is 0 Å². The molecule has 0 bridgehead atoms. The molecule has 0 saturated carbocycles. The van der Waals surface area contributed by atoms with Crippen LogP contribution in [-0.2, 0) is 13.3 Å². The van der Waals surface area contributed by atoms with Crippen LogP contribution in [0.25, 0.3) is 0 Å². The SMILES string of the molecule is CCCCCN[Si](OCCC)(OCCC)OCCC. The zero-order valence-corrected chi connectivity index (χ0v) is 14.3. The minimum absolute atomic E-state index is 0.695. The average Bonchev–Trinajstić information content (AvgIpc) is 2.44. The van der Waals surface area contributed by atoms with Crippen molar-refractivity contribution < 1.29 is 13.3 Å². The van der Waals surface area contributed by atoms with E-state index < -0.39 is 8.97 Å². The van der Waals surface area contributed by atoms with E-state index in [1.54, 1.807) is 0 Å². The van der Waals surface area contributed by atoms with E-state index in [1.807, 2.05) is 0 Å². The second-order valence-electron chi connectivity index (χ2n) is 4.74. The van der Waals surface area contributed by atoms with Crippen LogP contribution < -0.4 is 4.98 Å². The third-order valence-electron chi connectivity index (χ3n) is 2.61. The molecule has 0 aromatic heterocycles. The fraction of sp³-hybridized carbons (Fsp3) is 1.00. The second-order valence-corrected chi connectivity index (χ2v) is 7.07. The van der Waals surface area contributed by atoms with E-state index in [1.165, 1.54) is 12.8 Å². The molecule has 19 heavy (non-hydrogen) atoms. The molecule has 1 N–H and O–H groups in total. The third kappa shape index (κ3) is 9.57. The Hall–Kier alpha value is 0.0569. The van der Waals surface area contributed by atoms with Crippen molar-refractivity contribution in [1.29, 1.82) is 0 Å². The van der Waals surface area contributed by atoms with Gasteiger partial charge in [-0.25, -0.2) is 0 Å². The van der Waals surface area contributed by atoms with Gasteiger partial charge in [0.2, 0.25) is 0 Å². The molecule has 0 atom stereocenters. The van der Waals surface area contributed by atoms with Gasteiger partial charge in [0.15, 0.2) is 0 Å². The molecule has 116 valence electrons. The van der Waals surface area contributed by atoms with E-state index >= 15 is 0 Å². The second kappa shape index (κ2) is 13.1. The Morgan fingerprint density at radius 3 is 1.53 bits per heavy atom. The minimum atomic E-state index is -2.66. The predicted molar refractivity (Wildman–Crippen MR) is 82.0 cm³/mol. The van der Waals surface area contributed by atoms with E-state index in [-0.39, 0.29) is 0 Å². The first-order valence-electron chi connectivity index (χ1n) is 7.91. The maximum absolute atomic E-state index is 5.95. The number of hydrogen-bond donors (Lipinski definition) is 1. The van der Waals surface area contributed by atoms with E-state index in [0.717, 1.165) is 32.2 Å². The summed E-state index contributed by atoms with van der Waals surface area (Å²) < 4.78 is 17.8. The van der Waals surface area contributed by atoms with Crippen LogP contribution in [0.5, 0.6) is 0 Å². The summed E-state index contributed by atoms with van der Waals surface area (Å²) in [5, 5.41) is 0. The summed E-state index contributed by atoms with van der Waals surface area (Å²) in [5.74, 6) is 0. The predicted octanol–water partition coefficient (Wildman–Crippen LogP) is 3.48. The third-order valence-corrected chi connectivity index (χ3v) is 5.05. The highest BCUT2D eigenvalue weighted by molar-refractivity contribution is 6.57. The summed E-state index contributed by atoms with van der Waals surface area (Å²) >= 11 is 0. The van der Waals surface area contributed by atoms with E-state index in [9.17, 15) is 0 Å². The van der Waals surface area contributed by atoms with Crippen molar-refractivity contribution in [3.63, 3.8) is 0 Å². The Morgan fingerprint density at radius 2 is 1.16 bits per heavy atom. The summed E-state index contributed by atoms with van der Waals surface area (Å²) in [7, 11) is -2.66. The molecule has 0 aromatic rings. The van der Waals surface area contributed by atoms with Crippen molar-refractivity contribution in [2.75, 3.05) is 26.4 Å². The Kier molecular flexibility index (Phi) is 13.1. The number of unbranched alkanes of at least 4 members (excludes halogenated alkanes) is 2. The molecule has 0 amide bonds. The molecule has 0 aliphatic heterocycles. The lowest BCUT2D eigenvalue weighted by Crippen LogP contribution is -2.59. The van der Waals surface area contributed by atoms with Gasteiger partial charge in [-0.3, -0.25) is 4.98 Å². The van der Waals surface area contributed by atoms with Gasteiger partial charge in [0.25, 0.3) is 0 Å². The molecule has 0 spiro atoms. The first-order valence-corrected chi connectivity index (χ1v) is 9.64. The van der Waals surface area contributed by atoms with Gasteiger partial charge in [-0.15, -0.1) is 0 Å². The van der Waals surface area contributed by atoms with Crippen LogP contribution in [0.2, 0.25) is 0 Å².